The van der Waals surface area contributed by atoms with Gasteiger partial charge in [0.2, 0.25) is 0 Å². The van der Waals surface area contributed by atoms with E-state index in [0.717, 1.165) is 49.4 Å². The summed E-state index contributed by atoms with van der Waals surface area (Å²) in [6.07, 6.45) is 20.1. The van der Waals surface area contributed by atoms with E-state index in [-0.39, 0.29) is 0 Å². The predicted molar refractivity (Wildman–Crippen MR) is 142 cm³/mol. The van der Waals surface area contributed by atoms with E-state index in [1.54, 1.807) is 12.1 Å². The number of ether oxygens (including phenoxy) is 2. The van der Waals surface area contributed by atoms with Crippen molar-refractivity contribution < 1.29 is 14.3 Å². The zero-order chi connectivity index (χ0) is 24.7. The number of unbranched alkanes of at least 4 members (excludes halogenated alkanes) is 9. The van der Waals surface area contributed by atoms with Gasteiger partial charge in [-0.2, -0.15) is 0 Å². The lowest BCUT2D eigenvalue weighted by Gasteiger charge is -2.24. The van der Waals surface area contributed by atoms with Gasteiger partial charge in [0.1, 0.15) is 5.75 Å². The quantitative estimate of drug-likeness (QED) is 0.145. The van der Waals surface area contributed by atoms with Gasteiger partial charge < -0.3 is 9.47 Å². The molecule has 3 rings (SSSR count). The number of hydrogen-bond donors (Lipinski definition) is 0. The lowest BCUT2D eigenvalue weighted by molar-refractivity contribution is 0.0974. The number of fused-ring (bicyclic) bond motifs is 1. The molecule has 1 aliphatic rings. The van der Waals surface area contributed by atoms with Crippen LogP contribution < -0.4 is 4.74 Å². The van der Waals surface area contributed by atoms with Gasteiger partial charge in [0, 0.05) is 17.5 Å². The summed E-state index contributed by atoms with van der Waals surface area (Å²) >= 11 is 0. The van der Waals surface area contributed by atoms with Crippen molar-refractivity contribution in [3.05, 3.63) is 41.7 Å². The maximum Gasteiger partial charge on any atom is 0.513 e. The summed E-state index contributed by atoms with van der Waals surface area (Å²) in [6, 6.07) is 7.33. The van der Waals surface area contributed by atoms with Gasteiger partial charge in [0.05, 0.1) is 6.61 Å². The molecule has 0 saturated carbocycles. The Bertz CT molecular complexity index is 882. The highest BCUT2D eigenvalue weighted by atomic mass is 16.7. The maximum absolute atomic E-state index is 11.8. The molecule has 1 aromatic heterocycles. The van der Waals surface area contributed by atoms with Crippen molar-refractivity contribution in [1.29, 1.82) is 0 Å². The number of benzene rings is 1. The van der Waals surface area contributed by atoms with Crippen LogP contribution in [0.15, 0.2) is 30.5 Å². The standard InChI is InChI=1S/C30H44N2O3/c1-3-5-7-8-9-10-11-12-14-24-15-20-28-26(22-24)23-31-29(32-28)25-16-18-27(19-17-25)35-30(33)34-21-13-6-4-2/h16-19,23-24H,3-15,20-22H2,1-2H3. The third-order valence-corrected chi connectivity index (χ3v) is 7.00. The summed E-state index contributed by atoms with van der Waals surface area (Å²) in [5.41, 5.74) is 3.44. The molecular formula is C30H44N2O3. The van der Waals surface area contributed by atoms with Crippen molar-refractivity contribution >= 4 is 6.16 Å². The first-order valence-corrected chi connectivity index (χ1v) is 14.0. The van der Waals surface area contributed by atoms with Crippen LogP contribution in [0.4, 0.5) is 4.79 Å². The smallest absolute Gasteiger partial charge is 0.434 e. The van der Waals surface area contributed by atoms with E-state index < -0.39 is 6.16 Å². The van der Waals surface area contributed by atoms with Crippen LogP contribution in [0, 0.1) is 5.92 Å². The van der Waals surface area contributed by atoms with E-state index >= 15 is 0 Å². The van der Waals surface area contributed by atoms with Gasteiger partial charge >= 0.3 is 6.16 Å². The third-order valence-electron chi connectivity index (χ3n) is 7.00. The van der Waals surface area contributed by atoms with Crippen molar-refractivity contribution in [3.8, 4) is 17.1 Å². The Morgan fingerprint density at radius 2 is 1.60 bits per heavy atom. The first-order chi connectivity index (χ1) is 17.2. The molecular weight excluding hydrogens is 436 g/mol. The number of hydrogen-bond acceptors (Lipinski definition) is 5. The maximum atomic E-state index is 11.8. The van der Waals surface area contributed by atoms with Gasteiger partial charge in [-0.1, -0.05) is 84.5 Å². The molecule has 0 N–H and O–H groups in total. The monoisotopic (exact) mass is 480 g/mol. The average molecular weight is 481 g/mol. The second-order valence-corrected chi connectivity index (χ2v) is 9.97. The zero-order valence-corrected chi connectivity index (χ0v) is 21.9. The molecule has 0 fully saturated rings. The average Bonchev–Trinajstić information content (AvgIpc) is 2.88. The number of aromatic nitrogens is 2. The fourth-order valence-electron chi connectivity index (χ4n) is 4.84. The lowest BCUT2D eigenvalue weighted by Crippen LogP contribution is -2.16. The second kappa shape index (κ2) is 15.5. The SMILES string of the molecule is CCCCCCCCCCC1CCc2nc(-c3ccc(OC(=O)OCCCCC)cc3)ncc2C1. The number of carbonyl (C=O) groups is 1. The van der Waals surface area contributed by atoms with Gasteiger partial charge in [0.25, 0.3) is 0 Å². The van der Waals surface area contributed by atoms with E-state index in [1.807, 2.05) is 18.3 Å². The van der Waals surface area contributed by atoms with Crippen molar-refractivity contribution in [2.75, 3.05) is 6.61 Å². The number of aryl methyl sites for hydroxylation is 1. The van der Waals surface area contributed by atoms with Gasteiger partial charge in [-0.25, -0.2) is 14.8 Å². The largest absolute Gasteiger partial charge is 0.513 e. The molecule has 0 spiro atoms. The molecule has 0 saturated heterocycles. The Hall–Kier alpha value is -2.43. The summed E-state index contributed by atoms with van der Waals surface area (Å²) in [5.74, 6) is 1.98. The Morgan fingerprint density at radius 1 is 0.914 bits per heavy atom. The summed E-state index contributed by atoms with van der Waals surface area (Å²) < 4.78 is 10.4. The topological polar surface area (TPSA) is 61.3 Å². The molecule has 1 atom stereocenters. The van der Waals surface area contributed by atoms with E-state index in [9.17, 15) is 4.79 Å². The molecule has 5 nitrogen and oxygen atoms in total. The highest BCUT2D eigenvalue weighted by molar-refractivity contribution is 5.65. The van der Waals surface area contributed by atoms with Gasteiger partial charge in [-0.3, -0.25) is 0 Å². The minimum absolute atomic E-state index is 0.397. The third kappa shape index (κ3) is 9.62. The van der Waals surface area contributed by atoms with Crippen LogP contribution in [0.1, 0.15) is 109 Å². The summed E-state index contributed by atoms with van der Waals surface area (Å²) in [5, 5.41) is 0. The lowest BCUT2D eigenvalue weighted by atomic mass is 9.84. The molecule has 1 aliphatic carbocycles. The number of rotatable bonds is 15. The molecule has 0 amide bonds. The molecule has 192 valence electrons. The highest BCUT2D eigenvalue weighted by Gasteiger charge is 2.20. The predicted octanol–water partition coefficient (Wildman–Crippen LogP) is 8.48. The van der Waals surface area contributed by atoms with Crippen LogP contribution in [0.3, 0.4) is 0 Å². The summed E-state index contributed by atoms with van der Waals surface area (Å²) in [7, 11) is 0. The normalized spacial score (nSPS) is 15.0. The Balaban J connectivity index is 1.42. The van der Waals surface area contributed by atoms with Crippen LogP contribution in [0.2, 0.25) is 0 Å². The van der Waals surface area contributed by atoms with Gasteiger partial charge in [-0.15, -0.1) is 0 Å². The molecule has 1 unspecified atom stereocenters. The van der Waals surface area contributed by atoms with Crippen LogP contribution >= 0.6 is 0 Å². The van der Waals surface area contributed by atoms with E-state index in [2.05, 4.69) is 18.8 Å². The van der Waals surface area contributed by atoms with Crippen molar-refractivity contribution in [1.82, 2.24) is 9.97 Å². The second-order valence-electron chi connectivity index (χ2n) is 9.97. The fourth-order valence-corrected chi connectivity index (χ4v) is 4.84. The molecule has 35 heavy (non-hydrogen) atoms. The van der Waals surface area contributed by atoms with Gasteiger partial charge in [-0.05, 0) is 61.4 Å². The van der Waals surface area contributed by atoms with Gasteiger partial charge in [0.15, 0.2) is 5.82 Å². The van der Waals surface area contributed by atoms with E-state index in [4.69, 9.17) is 14.5 Å². The van der Waals surface area contributed by atoms with Crippen LogP contribution in [0.5, 0.6) is 5.75 Å². The molecule has 0 bridgehead atoms. The number of carbonyl (C=O) groups excluding carboxylic acids is 1. The van der Waals surface area contributed by atoms with Crippen LogP contribution in [0.25, 0.3) is 11.4 Å². The highest BCUT2D eigenvalue weighted by Crippen LogP contribution is 2.29. The Labute approximate surface area is 212 Å². The fraction of sp³-hybridized carbons (Fsp3) is 0.633. The van der Waals surface area contributed by atoms with Crippen LogP contribution in [-0.2, 0) is 17.6 Å². The van der Waals surface area contributed by atoms with Crippen LogP contribution in [-0.4, -0.2) is 22.7 Å². The number of nitrogens with zero attached hydrogens (tertiary/aromatic N) is 2. The van der Waals surface area contributed by atoms with E-state index in [1.165, 1.54) is 75.5 Å². The molecule has 0 aliphatic heterocycles. The Kier molecular flexibility index (Phi) is 12.1. The molecule has 5 heteroatoms. The Morgan fingerprint density at radius 3 is 2.34 bits per heavy atom. The molecule has 1 aromatic carbocycles. The minimum Gasteiger partial charge on any atom is -0.434 e. The van der Waals surface area contributed by atoms with Crippen molar-refractivity contribution in [2.24, 2.45) is 5.92 Å². The van der Waals surface area contributed by atoms with Crippen molar-refractivity contribution in [2.45, 2.75) is 110 Å². The molecule has 1 heterocycles. The molecule has 0 radical (unpaired) electrons. The van der Waals surface area contributed by atoms with Crippen molar-refractivity contribution in [3.63, 3.8) is 0 Å². The molecule has 2 aromatic rings. The van der Waals surface area contributed by atoms with E-state index in [0.29, 0.717) is 12.4 Å². The minimum atomic E-state index is -0.652. The first-order valence-electron chi connectivity index (χ1n) is 14.0. The zero-order valence-electron chi connectivity index (χ0n) is 21.9. The summed E-state index contributed by atoms with van der Waals surface area (Å²) in [6.45, 7) is 4.79. The summed E-state index contributed by atoms with van der Waals surface area (Å²) in [4.78, 5) is 21.3. The first kappa shape index (κ1) is 27.2.